The Balaban J connectivity index is 1.99. The van der Waals surface area contributed by atoms with Crippen molar-refractivity contribution in [2.45, 2.75) is 39.9 Å². The lowest BCUT2D eigenvalue weighted by molar-refractivity contribution is 0.645. The van der Waals surface area contributed by atoms with Gasteiger partial charge in [-0.3, -0.25) is 23.5 Å². The van der Waals surface area contributed by atoms with Gasteiger partial charge in [-0.2, -0.15) is 4.98 Å². The number of nitrogens with zero attached hydrogens (tertiary/aromatic N) is 6. The molecule has 3 aromatic heterocycles. The molecule has 3 heterocycles. The summed E-state index contributed by atoms with van der Waals surface area (Å²) < 4.78 is 4.40. The molecule has 0 saturated heterocycles. The van der Waals surface area contributed by atoms with Crippen LogP contribution in [0.5, 0.6) is 0 Å². The molecule has 0 aliphatic heterocycles. The number of aryl methyl sites for hydroxylation is 2. The fourth-order valence-electron chi connectivity index (χ4n) is 4.12. The second kappa shape index (κ2) is 9.15. The summed E-state index contributed by atoms with van der Waals surface area (Å²) in [5.41, 5.74) is 7.14. The average Bonchev–Trinajstić information content (AvgIpc) is 3.22. The SMILES string of the molecule is CC#CCn1c(N(C)[C@H](C)CN)nc2c1c(=O)n(Cc1nc(C)cc3ccccc13)c(=O)n2C. The summed E-state index contributed by atoms with van der Waals surface area (Å²) in [5, 5.41) is 1.92. The molecule has 0 aliphatic carbocycles. The lowest BCUT2D eigenvalue weighted by Crippen LogP contribution is -2.40. The second-order valence-corrected chi connectivity index (χ2v) is 8.46. The number of hydrogen-bond donors (Lipinski definition) is 1. The molecule has 1 aromatic carbocycles. The van der Waals surface area contributed by atoms with Crippen molar-refractivity contribution in [2.75, 3.05) is 18.5 Å². The van der Waals surface area contributed by atoms with Crippen molar-refractivity contribution in [2.24, 2.45) is 12.8 Å². The molecule has 1 atom stereocenters. The van der Waals surface area contributed by atoms with E-state index in [0.717, 1.165) is 16.5 Å². The molecule has 0 aliphatic rings. The molecule has 9 nitrogen and oxygen atoms in total. The van der Waals surface area contributed by atoms with Gasteiger partial charge in [0.2, 0.25) is 5.95 Å². The molecule has 0 spiro atoms. The Morgan fingerprint density at radius 2 is 1.91 bits per heavy atom. The van der Waals surface area contributed by atoms with E-state index in [1.54, 1.807) is 18.5 Å². The van der Waals surface area contributed by atoms with Crippen LogP contribution in [0.4, 0.5) is 5.95 Å². The monoisotopic (exact) mass is 459 g/mol. The molecule has 4 aromatic rings. The van der Waals surface area contributed by atoms with Crippen LogP contribution in [0.15, 0.2) is 39.9 Å². The van der Waals surface area contributed by atoms with Gasteiger partial charge in [0.25, 0.3) is 5.56 Å². The Morgan fingerprint density at radius 1 is 1.18 bits per heavy atom. The Morgan fingerprint density at radius 3 is 2.62 bits per heavy atom. The van der Waals surface area contributed by atoms with Gasteiger partial charge in [-0.25, -0.2) is 4.79 Å². The summed E-state index contributed by atoms with van der Waals surface area (Å²) in [7, 11) is 3.50. The molecule has 0 fully saturated rings. The minimum atomic E-state index is -0.447. The number of likely N-dealkylation sites (N-methyl/N-ethyl adjacent to an activating group) is 1. The Hall–Kier alpha value is -3.90. The van der Waals surface area contributed by atoms with Crippen LogP contribution in [0.2, 0.25) is 0 Å². The number of benzene rings is 1. The molecule has 0 amide bonds. The highest BCUT2D eigenvalue weighted by atomic mass is 16.2. The molecule has 2 N–H and O–H groups in total. The molecule has 176 valence electrons. The van der Waals surface area contributed by atoms with Crippen molar-refractivity contribution in [1.82, 2.24) is 23.7 Å². The summed E-state index contributed by atoms with van der Waals surface area (Å²) >= 11 is 0. The zero-order chi connectivity index (χ0) is 24.6. The molecule has 9 heteroatoms. The number of hydrogen-bond acceptors (Lipinski definition) is 6. The van der Waals surface area contributed by atoms with Gasteiger partial charge >= 0.3 is 5.69 Å². The lowest BCUT2D eigenvalue weighted by atomic mass is 10.1. The Kier molecular flexibility index (Phi) is 6.26. The maximum atomic E-state index is 13.8. The highest BCUT2D eigenvalue weighted by Crippen LogP contribution is 2.21. The van der Waals surface area contributed by atoms with Gasteiger partial charge in [0.15, 0.2) is 11.2 Å². The fourth-order valence-corrected chi connectivity index (χ4v) is 4.12. The van der Waals surface area contributed by atoms with Crippen LogP contribution >= 0.6 is 0 Å². The molecule has 0 saturated carbocycles. The normalized spacial score (nSPS) is 12.1. The molecular weight excluding hydrogens is 430 g/mol. The first-order valence-electron chi connectivity index (χ1n) is 11.2. The Bertz CT molecular complexity index is 1570. The first kappa shape index (κ1) is 23.3. The van der Waals surface area contributed by atoms with E-state index < -0.39 is 11.2 Å². The minimum Gasteiger partial charge on any atom is -0.341 e. The van der Waals surface area contributed by atoms with E-state index in [0.29, 0.717) is 29.4 Å². The van der Waals surface area contributed by atoms with Crippen LogP contribution in [0.25, 0.3) is 21.9 Å². The number of nitrogens with two attached hydrogens (primary N) is 1. The number of anilines is 1. The van der Waals surface area contributed by atoms with Gasteiger partial charge in [0.1, 0.15) is 0 Å². The number of fused-ring (bicyclic) bond motifs is 2. The highest BCUT2D eigenvalue weighted by molar-refractivity contribution is 5.85. The average molecular weight is 460 g/mol. The first-order valence-corrected chi connectivity index (χ1v) is 11.2. The minimum absolute atomic E-state index is 0.0211. The van der Waals surface area contributed by atoms with E-state index in [9.17, 15) is 9.59 Å². The summed E-state index contributed by atoms with van der Waals surface area (Å²) in [6, 6.07) is 9.79. The predicted octanol–water partition coefficient (Wildman–Crippen LogP) is 1.61. The zero-order valence-electron chi connectivity index (χ0n) is 20.2. The molecule has 0 radical (unpaired) electrons. The number of rotatable bonds is 6. The van der Waals surface area contributed by atoms with Gasteiger partial charge in [-0.1, -0.05) is 30.2 Å². The number of imidazole rings is 1. The smallest absolute Gasteiger partial charge is 0.332 e. The van der Waals surface area contributed by atoms with E-state index in [1.807, 2.05) is 56.1 Å². The van der Waals surface area contributed by atoms with E-state index >= 15 is 0 Å². The second-order valence-electron chi connectivity index (χ2n) is 8.46. The van der Waals surface area contributed by atoms with E-state index in [1.165, 1.54) is 9.13 Å². The van der Waals surface area contributed by atoms with Gasteiger partial charge < -0.3 is 10.6 Å². The number of pyridine rings is 1. The summed E-state index contributed by atoms with van der Waals surface area (Å²) in [4.78, 5) is 38.3. The fraction of sp³-hybridized carbons (Fsp3) is 0.360. The van der Waals surface area contributed by atoms with E-state index in [4.69, 9.17) is 5.73 Å². The van der Waals surface area contributed by atoms with Crippen molar-refractivity contribution in [3.05, 3.63) is 62.6 Å². The van der Waals surface area contributed by atoms with Crippen LogP contribution in [0.3, 0.4) is 0 Å². The third-order valence-electron chi connectivity index (χ3n) is 6.20. The standard InChI is InChI=1S/C25H29N7O2/c1-6-7-12-31-21-22(28-24(31)29(4)17(3)14-26)30(5)25(34)32(23(21)33)15-20-19-11-9-8-10-18(19)13-16(2)27-20/h8-11,13,17H,12,14-15,26H2,1-5H3/t17-/m1/s1. The van der Waals surface area contributed by atoms with Crippen LogP contribution < -0.4 is 21.9 Å². The molecule has 0 bridgehead atoms. The third-order valence-corrected chi connectivity index (χ3v) is 6.20. The third kappa shape index (κ3) is 3.86. The molecule has 34 heavy (non-hydrogen) atoms. The van der Waals surface area contributed by atoms with Crippen molar-refractivity contribution in [3.8, 4) is 11.8 Å². The summed E-state index contributed by atoms with van der Waals surface area (Å²) in [6.07, 6.45) is 0. The molecular formula is C25H29N7O2. The largest absolute Gasteiger partial charge is 0.341 e. The van der Waals surface area contributed by atoms with Crippen LogP contribution in [-0.2, 0) is 20.1 Å². The maximum Gasteiger partial charge on any atom is 0.332 e. The van der Waals surface area contributed by atoms with Crippen LogP contribution in [0, 0.1) is 18.8 Å². The van der Waals surface area contributed by atoms with Crippen molar-refractivity contribution in [1.29, 1.82) is 0 Å². The van der Waals surface area contributed by atoms with Crippen molar-refractivity contribution in [3.63, 3.8) is 0 Å². The lowest BCUT2D eigenvalue weighted by Gasteiger charge is -2.24. The van der Waals surface area contributed by atoms with E-state index in [2.05, 4.69) is 21.8 Å². The molecule has 0 unspecified atom stereocenters. The zero-order valence-corrected chi connectivity index (χ0v) is 20.2. The van der Waals surface area contributed by atoms with E-state index in [-0.39, 0.29) is 19.1 Å². The van der Waals surface area contributed by atoms with Gasteiger partial charge in [0.05, 0.1) is 18.8 Å². The summed E-state index contributed by atoms with van der Waals surface area (Å²) in [6.45, 7) is 6.35. The summed E-state index contributed by atoms with van der Waals surface area (Å²) in [5.74, 6) is 6.44. The predicted molar refractivity (Wildman–Crippen MR) is 135 cm³/mol. The molecule has 4 rings (SSSR count). The highest BCUT2D eigenvalue weighted by Gasteiger charge is 2.24. The topological polar surface area (TPSA) is 104 Å². The van der Waals surface area contributed by atoms with Gasteiger partial charge in [-0.15, -0.1) is 5.92 Å². The van der Waals surface area contributed by atoms with Crippen LogP contribution in [-0.4, -0.2) is 43.3 Å². The Labute approximate surface area is 197 Å². The van der Waals surface area contributed by atoms with Crippen LogP contribution in [0.1, 0.15) is 25.2 Å². The van der Waals surface area contributed by atoms with Crippen molar-refractivity contribution < 1.29 is 0 Å². The van der Waals surface area contributed by atoms with Crippen molar-refractivity contribution >= 4 is 27.9 Å². The first-order chi connectivity index (χ1) is 16.3. The maximum absolute atomic E-state index is 13.8. The van der Waals surface area contributed by atoms with Gasteiger partial charge in [0, 0.05) is 37.8 Å². The quantitative estimate of drug-likeness (QED) is 0.440. The number of aromatic nitrogens is 5. The van der Waals surface area contributed by atoms with Gasteiger partial charge in [-0.05, 0) is 32.2 Å².